The number of nitrogens with zero attached hydrogens (tertiary/aromatic N) is 4. The highest BCUT2D eigenvalue weighted by atomic mass is 32.2. The first kappa shape index (κ1) is 23.8. The largest absolute Gasteiger partial charge is 0.444 e. The Labute approximate surface area is 193 Å². The molecule has 1 aromatic carbocycles. The van der Waals surface area contributed by atoms with Gasteiger partial charge < -0.3 is 14.6 Å². The molecule has 0 saturated heterocycles. The SMILES string of the molecule is CC(C)c1ccccc1-n1ccnc1SCc1nc(C(C)(C)NC(=O)OC(C)(C)C)no1. The Morgan fingerprint density at radius 1 is 1.22 bits per heavy atom. The first-order valence-electron chi connectivity index (χ1n) is 10.6. The van der Waals surface area contributed by atoms with Gasteiger partial charge in [-0.25, -0.2) is 9.78 Å². The molecule has 0 saturated carbocycles. The summed E-state index contributed by atoms with van der Waals surface area (Å²) >= 11 is 1.51. The molecule has 0 unspecified atom stereocenters. The highest BCUT2D eigenvalue weighted by Gasteiger charge is 2.31. The van der Waals surface area contributed by atoms with Gasteiger partial charge in [-0.3, -0.25) is 4.57 Å². The minimum absolute atomic E-state index is 0.382. The lowest BCUT2D eigenvalue weighted by atomic mass is 10.0. The average Bonchev–Trinajstić information content (AvgIpc) is 3.34. The Bertz CT molecular complexity index is 1070. The van der Waals surface area contributed by atoms with Crippen LogP contribution in [-0.2, 0) is 16.0 Å². The van der Waals surface area contributed by atoms with Crippen molar-refractivity contribution in [1.82, 2.24) is 25.0 Å². The predicted octanol–water partition coefficient (Wildman–Crippen LogP) is 5.43. The van der Waals surface area contributed by atoms with E-state index >= 15 is 0 Å². The molecule has 0 aliphatic heterocycles. The van der Waals surface area contributed by atoms with Crippen molar-refractivity contribution in [2.24, 2.45) is 0 Å². The lowest BCUT2D eigenvalue weighted by Gasteiger charge is -2.26. The van der Waals surface area contributed by atoms with Crippen LogP contribution in [0.25, 0.3) is 5.69 Å². The first-order valence-corrected chi connectivity index (χ1v) is 11.5. The molecular weight excluding hydrogens is 426 g/mol. The molecule has 1 N–H and O–H groups in total. The highest BCUT2D eigenvalue weighted by molar-refractivity contribution is 7.98. The molecular formula is C23H31N5O3S. The van der Waals surface area contributed by atoms with E-state index in [2.05, 4.69) is 57.1 Å². The van der Waals surface area contributed by atoms with Crippen molar-refractivity contribution in [3.63, 3.8) is 0 Å². The number of alkyl carbamates (subject to hydrolysis) is 1. The first-order chi connectivity index (χ1) is 15.0. The smallest absolute Gasteiger partial charge is 0.408 e. The van der Waals surface area contributed by atoms with Gasteiger partial charge in [0, 0.05) is 12.4 Å². The molecule has 0 bridgehead atoms. The molecule has 0 aliphatic carbocycles. The van der Waals surface area contributed by atoms with E-state index in [9.17, 15) is 4.79 Å². The molecule has 0 radical (unpaired) electrons. The number of thioether (sulfide) groups is 1. The monoisotopic (exact) mass is 457 g/mol. The van der Waals surface area contributed by atoms with Gasteiger partial charge in [0.1, 0.15) is 11.1 Å². The topological polar surface area (TPSA) is 95.1 Å². The lowest BCUT2D eigenvalue weighted by molar-refractivity contribution is 0.0465. The maximum atomic E-state index is 12.1. The van der Waals surface area contributed by atoms with E-state index in [1.165, 1.54) is 17.3 Å². The third-order valence-electron chi connectivity index (χ3n) is 4.59. The van der Waals surface area contributed by atoms with E-state index in [1.807, 2.05) is 33.0 Å². The molecule has 0 fully saturated rings. The van der Waals surface area contributed by atoms with Crippen molar-refractivity contribution in [2.45, 2.75) is 76.4 Å². The summed E-state index contributed by atoms with van der Waals surface area (Å²) < 4.78 is 12.8. The molecule has 8 nitrogen and oxygen atoms in total. The molecule has 3 rings (SSSR count). The van der Waals surface area contributed by atoms with Crippen LogP contribution in [0.1, 0.15) is 71.7 Å². The van der Waals surface area contributed by atoms with Crippen molar-refractivity contribution < 1.29 is 14.1 Å². The van der Waals surface area contributed by atoms with E-state index in [1.54, 1.807) is 20.0 Å². The van der Waals surface area contributed by atoms with Crippen LogP contribution < -0.4 is 5.32 Å². The van der Waals surface area contributed by atoms with Gasteiger partial charge in [0.2, 0.25) is 5.89 Å². The molecule has 0 spiro atoms. The van der Waals surface area contributed by atoms with Gasteiger partial charge in [-0.15, -0.1) is 0 Å². The zero-order valence-corrected chi connectivity index (χ0v) is 20.5. The number of rotatable bonds is 7. The molecule has 32 heavy (non-hydrogen) atoms. The molecule has 3 aromatic rings. The molecule has 9 heteroatoms. The van der Waals surface area contributed by atoms with Gasteiger partial charge in [0.15, 0.2) is 11.0 Å². The van der Waals surface area contributed by atoms with Crippen LogP contribution in [0.5, 0.6) is 0 Å². The van der Waals surface area contributed by atoms with Crippen LogP contribution in [0.3, 0.4) is 0 Å². The van der Waals surface area contributed by atoms with E-state index in [0.29, 0.717) is 23.4 Å². The van der Waals surface area contributed by atoms with Crippen molar-refractivity contribution in [3.05, 3.63) is 53.9 Å². The van der Waals surface area contributed by atoms with Crippen LogP contribution in [0.2, 0.25) is 0 Å². The maximum Gasteiger partial charge on any atom is 0.408 e. The maximum absolute atomic E-state index is 12.1. The molecule has 1 amide bonds. The summed E-state index contributed by atoms with van der Waals surface area (Å²) in [6, 6.07) is 8.31. The molecule has 2 aromatic heterocycles. The second-order valence-corrected chi connectivity index (χ2v) is 10.3. The van der Waals surface area contributed by atoms with Crippen LogP contribution in [-0.4, -0.2) is 31.4 Å². The van der Waals surface area contributed by atoms with E-state index in [0.717, 1.165) is 10.8 Å². The number of carbonyl (C=O) groups excluding carboxylic acids is 1. The van der Waals surface area contributed by atoms with Crippen LogP contribution in [0.15, 0.2) is 46.3 Å². The number of para-hydroxylation sites is 1. The van der Waals surface area contributed by atoms with Crippen molar-refractivity contribution in [2.75, 3.05) is 0 Å². The highest BCUT2D eigenvalue weighted by Crippen LogP contribution is 2.29. The Hall–Kier alpha value is -2.81. The summed E-state index contributed by atoms with van der Waals surface area (Å²) in [6.45, 7) is 13.4. The fourth-order valence-corrected chi connectivity index (χ4v) is 3.89. The predicted molar refractivity (Wildman–Crippen MR) is 124 cm³/mol. The zero-order chi connectivity index (χ0) is 23.5. The molecule has 2 heterocycles. The second-order valence-electron chi connectivity index (χ2n) is 9.35. The fraction of sp³-hybridized carbons (Fsp3) is 0.478. The number of nitrogens with one attached hydrogen (secondary N) is 1. The fourth-order valence-electron chi connectivity index (χ4n) is 3.08. The van der Waals surface area contributed by atoms with Gasteiger partial charge in [0.25, 0.3) is 0 Å². The third-order valence-corrected chi connectivity index (χ3v) is 5.54. The number of amides is 1. The quantitative estimate of drug-likeness (QED) is 0.473. The van der Waals surface area contributed by atoms with E-state index in [4.69, 9.17) is 9.26 Å². The summed E-state index contributed by atoms with van der Waals surface area (Å²) in [5.74, 6) is 1.68. The average molecular weight is 458 g/mol. The second kappa shape index (κ2) is 9.36. The standard InChI is InChI=1S/C23H31N5O3S/c1-15(2)16-10-8-9-11-17(16)28-13-12-24-20(28)32-14-18-25-19(27-31-18)23(6,7)26-21(29)30-22(3,4)5/h8-13,15H,14H2,1-7H3,(H,26,29). The van der Waals surface area contributed by atoms with Crippen LogP contribution in [0, 0.1) is 0 Å². The summed E-state index contributed by atoms with van der Waals surface area (Å²) in [5, 5.41) is 7.69. The Morgan fingerprint density at radius 3 is 2.62 bits per heavy atom. The number of carbonyl (C=O) groups is 1. The lowest BCUT2D eigenvalue weighted by Crippen LogP contribution is -2.44. The summed E-state index contributed by atoms with van der Waals surface area (Å²) in [6.07, 6.45) is 3.21. The normalized spacial score (nSPS) is 12.2. The number of ether oxygens (including phenoxy) is 1. The number of aromatic nitrogens is 4. The van der Waals surface area contributed by atoms with Gasteiger partial charge in [-0.05, 0) is 52.2 Å². The Kier molecular flexibility index (Phi) is 6.97. The molecule has 172 valence electrons. The number of imidazole rings is 1. The third kappa shape index (κ3) is 5.91. The minimum atomic E-state index is -0.844. The van der Waals surface area contributed by atoms with Crippen molar-refractivity contribution in [3.8, 4) is 5.69 Å². The van der Waals surface area contributed by atoms with Gasteiger partial charge in [-0.2, -0.15) is 4.98 Å². The van der Waals surface area contributed by atoms with Gasteiger partial charge in [0.05, 0.1) is 11.4 Å². The van der Waals surface area contributed by atoms with E-state index in [-0.39, 0.29) is 0 Å². The Balaban J connectivity index is 1.70. The minimum Gasteiger partial charge on any atom is -0.444 e. The van der Waals surface area contributed by atoms with Gasteiger partial charge >= 0.3 is 6.09 Å². The summed E-state index contributed by atoms with van der Waals surface area (Å²) in [5.41, 5.74) is 0.928. The van der Waals surface area contributed by atoms with Crippen molar-refractivity contribution >= 4 is 17.9 Å². The number of hydrogen-bond acceptors (Lipinski definition) is 7. The summed E-state index contributed by atoms with van der Waals surface area (Å²) in [4.78, 5) is 21.1. The van der Waals surface area contributed by atoms with E-state index < -0.39 is 17.2 Å². The molecule has 0 atom stereocenters. The summed E-state index contributed by atoms with van der Waals surface area (Å²) in [7, 11) is 0. The number of benzene rings is 1. The zero-order valence-electron chi connectivity index (χ0n) is 19.7. The van der Waals surface area contributed by atoms with Crippen LogP contribution >= 0.6 is 11.8 Å². The Morgan fingerprint density at radius 2 is 1.94 bits per heavy atom. The molecule has 0 aliphatic rings. The number of hydrogen-bond donors (Lipinski definition) is 1. The van der Waals surface area contributed by atoms with Crippen LogP contribution in [0.4, 0.5) is 4.79 Å². The van der Waals surface area contributed by atoms with Gasteiger partial charge in [-0.1, -0.05) is 49.0 Å². The van der Waals surface area contributed by atoms with Crippen molar-refractivity contribution in [1.29, 1.82) is 0 Å².